The molecular weight excluding hydrogens is 198 g/mol. The average Bonchev–Trinajstić information content (AvgIpc) is 2.66. The molecule has 1 saturated heterocycles. The normalized spacial score (nSPS) is 22.4. The van der Waals surface area contributed by atoms with Gasteiger partial charge in [-0.15, -0.1) is 4.37 Å². The molecule has 0 aromatic carbocycles. The Kier molecular flexibility index (Phi) is 2.86. The van der Waals surface area contributed by atoms with Crippen molar-refractivity contribution in [2.24, 2.45) is 0 Å². The lowest BCUT2D eigenvalue weighted by molar-refractivity contribution is 0.395. The second-order valence-corrected chi connectivity index (χ2v) is 4.16. The van der Waals surface area contributed by atoms with Crippen LogP contribution in [0.2, 0.25) is 0 Å². The first kappa shape index (κ1) is 9.71. The third kappa shape index (κ3) is 1.68. The summed E-state index contributed by atoms with van der Waals surface area (Å²) in [5.74, 6) is 1.59. The number of nitrogens with zero attached hydrogens (tertiary/aromatic N) is 3. The van der Waals surface area contributed by atoms with Gasteiger partial charge in [0.15, 0.2) is 0 Å². The molecule has 1 aromatic rings. The minimum atomic E-state index is 0.557. The van der Waals surface area contributed by atoms with Gasteiger partial charge in [-0.3, -0.25) is 0 Å². The lowest BCUT2D eigenvalue weighted by Gasteiger charge is -2.33. The summed E-state index contributed by atoms with van der Waals surface area (Å²) < 4.78 is 13.6. The predicted molar refractivity (Wildman–Crippen MR) is 57.1 cm³/mol. The number of aromatic nitrogens is 2. The van der Waals surface area contributed by atoms with Gasteiger partial charge in [0, 0.05) is 12.6 Å². The van der Waals surface area contributed by atoms with E-state index in [1.807, 2.05) is 0 Å². The van der Waals surface area contributed by atoms with E-state index in [0.717, 1.165) is 12.4 Å². The summed E-state index contributed by atoms with van der Waals surface area (Å²) in [6, 6.07) is 0.557. The molecule has 14 heavy (non-hydrogen) atoms. The van der Waals surface area contributed by atoms with E-state index in [4.69, 9.17) is 4.74 Å². The van der Waals surface area contributed by atoms with Gasteiger partial charge >= 0.3 is 0 Å². The Hall–Kier alpha value is -0.840. The maximum atomic E-state index is 5.18. The Balaban J connectivity index is 2.20. The number of ether oxygens (including phenoxy) is 1. The standard InChI is InChI=1S/C9H15N3OS/c1-7-5-3-4-6-12(7)8-9(13-2)11-14-10-8/h7H,3-6H2,1-2H3. The number of hydrogen-bond acceptors (Lipinski definition) is 5. The van der Waals surface area contributed by atoms with Crippen molar-refractivity contribution in [3.63, 3.8) is 0 Å². The summed E-state index contributed by atoms with van der Waals surface area (Å²) in [5.41, 5.74) is 0. The minimum absolute atomic E-state index is 0.557. The van der Waals surface area contributed by atoms with Crippen molar-refractivity contribution < 1.29 is 4.74 Å². The second kappa shape index (κ2) is 4.13. The SMILES string of the molecule is COc1nsnc1N1CCCCC1C. The zero-order valence-corrected chi connectivity index (χ0v) is 9.38. The van der Waals surface area contributed by atoms with Crippen molar-refractivity contribution in [2.45, 2.75) is 32.2 Å². The van der Waals surface area contributed by atoms with Gasteiger partial charge < -0.3 is 9.64 Å². The first-order chi connectivity index (χ1) is 6.83. The van der Waals surface area contributed by atoms with Gasteiger partial charge in [-0.1, -0.05) is 0 Å². The van der Waals surface area contributed by atoms with Crippen molar-refractivity contribution in [2.75, 3.05) is 18.6 Å². The van der Waals surface area contributed by atoms with Crippen LogP contribution in [0.25, 0.3) is 0 Å². The van der Waals surface area contributed by atoms with E-state index in [1.54, 1.807) is 7.11 Å². The summed E-state index contributed by atoms with van der Waals surface area (Å²) in [4.78, 5) is 2.30. The number of piperidine rings is 1. The maximum Gasteiger partial charge on any atom is 0.270 e. The average molecular weight is 213 g/mol. The summed E-state index contributed by atoms with van der Waals surface area (Å²) >= 11 is 1.22. The van der Waals surface area contributed by atoms with Crippen LogP contribution in [0.15, 0.2) is 0 Å². The van der Waals surface area contributed by atoms with Gasteiger partial charge in [0.05, 0.1) is 18.8 Å². The molecule has 1 aromatic heterocycles. The zero-order chi connectivity index (χ0) is 9.97. The van der Waals surface area contributed by atoms with Crippen molar-refractivity contribution in [3.05, 3.63) is 0 Å². The van der Waals surface area contributed by atoms with Gasteiger partial charge in [0.2, 0.25) is 5.82 Å². The number of methoxy groups -OCH3 is 1. The highest BCUT2D eigenvalue weighted by Gasteiger charge is 2.24. The van der Waals surface area contributed by atoms with E-state index in [-0.39, 0.29) is 0 Å². The molecule has 5 heteroatoms. The lowest BCUT2D eigenvalue weighted by atomic mass is 10.0. The second-order valence-electron chi connectivity index (χ2n) is 3.64. The molecule has 2 heterocycles. The minimum Gasteiger partial charge on any atom is -0.478 e. The molecule has 0 aliphatic carbocycles. The number of hydrogen-bond donors (Lipinski definition) is 0. The van der Waals surface area contributed by atoms with E-state index in [9.17, 15) is 0 Å². The topological polar surface area (TPSA) is 38.3 Å². The highest BCUT2D eigenvalue weighted by atomic mass is 32.1. The zero-order valence-electron chi connectivity index (χ0n) is 8.56. The molecule has 1 fully saturated rings. The molecular formula is C9H15N3OS. The predicted octanol–water partition coefficient (Wildman–Crippen LogP) is 1.93. The lowest BCUT2D eigenvalue weighted by Crippen LogP contribution is -2.37. The molecule has 0 saturated carbocycles. The van der Waals surface area contributed by atoms with Crippen LogP contribution in [0.4, 0.5) is 5.82 Å². The Labute approximate surface area is 88.2 Å². The van der Waals surface area contributed by atoms with Gasteiger partial charge in [0.25, 0.3) is 5.88 Å². The third-order valence-electron chi connectivity index (χ3n) is 2.71. The van der Waals surface area contributed by atoms with Crippen LogP contribution < -0.4 is 9.64 Å². The molecule has 78 valence electrons. The largest absolute Gasteiger partial charge is 0.478 e. The van der Waals surface area contributed by atoms with Gasteiger partial charge in [-0.2, -0.15) is 4.37 Å². The molecule has 0 spiro atoms. The first-order valence-corrected chi connectivity index (χ1v) is 5.69. The fraction of sp³-hybridized carbons (Fsp3) is 0.778. The molecule has 1 unspecified atom stereocenters. The van der Waals surface area contributed by atoms with E-state index in [2.05, 4.69) is 20.6 Å². The van der Waals surface area contributed by atoms with Crippen LogP contribution in [0.1, 0.15) is 26.2 Å². The first-order valence-electron chi connectivity index (χ1n) is 4.96. The Morgan fingerprint density at radius 1 is 1.43 bits per heavy atom. The van der Waals surface area contributed by atoms with Crippen LogP contribution in [-0.4, -0.2) is 28.4 Å². The molecule has 1 atom stereocenters. The highest BCUT2D eigenvalue weighted by molar-refractivity contribution is 6.99. The summed E-state index contributed by atoms with van der Waals surface area (Å²) in [6.07, 6.45) is 3.79. The molecule has 0 radical (unpaired) electrons. The van der Waals surface area contributed by atoms with Gasteiger partial charge in [-0.25, -0.2) is 0 Å². The van der Waals surface area contributed by atoms with Crippen LogP contribution >= 0.6 is 11.7 Å². The number of rotatable bonds is 2. The fourth-order valence-corrected chi connectivity index (χ4v) is 2.42. The van der Waals surface area contributed by atoms with E-state index in [1.165, 1.54) is 31.0 Å². The number of anilines is 1. The highest BCUT2D eigenvalue weighted by Crippen LogP contribution is 2.30. The van der Waals surface area contributed by atoms with Crippen LogP contribution in [-0.2, 0) is 0 Å². The van der Waals surface area contributed by atoms with E-state index in [0.29, 0.717) is 11.9 Å². The molecule has 2 rings (SSSR count). The van der Waals surface area contributed by atoms with Crippen molar-refractivity contribution >= 4 is 17.5 Å². The van der Waals surface area contributed by atoms with E-state index < -0.39 is 0 Å². The fourth-order valence-electron chi connectivity index (χ4n) is 1.89. The smallest absolute Gasteiger partial charge is 0.270 e. The molecule has 0 amide bonds. The Bertz CT molecular complexity index is 302. The van der Waals surface area contributed by atoms with Gasteiger partial charge in [-0.05, 0) is 26.2 Å². The Morgan fingerprint density at radius 2 is 2.29 bits per heavy atom. The quantitative estimate of drug-likeness (QED) is 0.752. The van der Waals surface area contributed by atoms with Crippen molar-refractivity contribution in [1.82, 2.24) is 8.75 Å². The van der Waals surface area contributed by atoms with Crippen LogP contribution in [0.3, 0.4) is 0 Å². The van der Waals surface area contributed by atoms with Crippen molar-refractivity contribution in [1.29, 1.82) is 0 Å². The molecule has 1 aliphatic heterocycles. The molecule has 0 N–H and O–H groups in total. The van der Waals surface area contributed by atoms with Gasteiger partial charge in [0.1, 0.15) is 0 Å². The summed E-state index contributed by atoms with van der Waals surface area (Å²) in [5, 5.41) is 0. The molecule has 0 bridgehead atoms. The van der Waals surface area contributed by atoms with Crippen LogP contribution in [0, 0.1) is 0 Å². The molecule has 1 aliphatic rings. The maximum absolute atomic E-state index is 5.18. The monoisotopic (exact) mass is 213 g/mol. The van der Waals surface area contributed by atoms with E-state index >= 15 is 0 Å². The molecule has 4 nitrogen and oxygen atoms in total. The van der Waals surface area contributed by atoms with Crippen LogP contribution in [0.5, 0.6) is 5.88 Å². The Morgan fingerprint density at radius 3 is 3.00 bits per heavy atom. The summed E-state index contributed by atoms with van der Waals surface area (Å²) in [7, 11) is 1.65. The van der Waals surface area contributed by atoms with Crippen molar-refractivity contribution in [3.8, 4) is 5.88 Å². The summed E-state index contributed by atoms with van der Waals surface area (Å²) in [6.45, 7) is 3.31. The third-order valence-corrected chi connectivity index (χ3v) is 3.21.